The highest BCUT2D eigenvalue weighted by Crippen LogP contribution is 2.17. The van der Waals surface area contributed by atoms with Gasteiger partial charge in [0.05, 0.1) is 12.7 Å². The zero-order valence-corrected chi connectivity index (χ0v) is 11.6. The minimum atomic E-state index is 0.445. The third kappa shape index (κ3) is 4.10. The SMILES string of the molecule is Cc1oc(CNC(C)C)cc1COc1cccnc1. The summed E-state index contributed by atoms with van der Waals surface area (Å²) in [5, 5.41) is 3.33. The van der Waals surface area contributed by atoms with Crippen LogP contribution in [0.3, 0.4) is 0 Å². The van der Waals surface area contributed by atoms with Crippen molar-refractivity contribution in [2.24, 2.45) is 0 Å². The van der Waals surface area contributed by atoms with Crippen LogP contribution < -0.4 is 10.1 Å². The third-order valence-electron chi connectivity index (χ3n) is 2.78. The second kappa shape index (κ2) is 6.38. The van der Waals surface area contributed by atoms with Crippen LogP contribution in [0.2, 0.25) is 0 Å². The van der Waals surface area contributed by atoms with Gasteiger partial charge in [0.15, 0.2) is 0 Å². The molecule has 0 spiro atoms. The van der Waals surface area contributed by atoms with Gasteiger partial charge in [0.1, 0.15) is 23.9 Å². The van der Waals surface area contributed by atoms with E-state index in [-0.39, 0.29) is 0 Å². The van der Waals surface area contributed by atoms with Gasteiger partial charge in [-0.3, -0.25) is 4.98 Å². The second-order valence-electron chi connectivity index (χ2n) is 4.81. The first-order chi connectivity index (χ1) is 9.15. The largest absolute Gasteiger partial charge is 0.487 e. The molecule has 4 heteroatoms. The zero-order chi connectivity index (χ0) is 13.7. The van der Waals surface area contributed by atoms with Crippen LogP contribution in [0.5, 0.6) is 5.75 Å². The molecule has 2 aromatic rings. The molecule has 0 aliphatic heterocycles. The molecule has 0 aliphatic rings. The van der Waals surface area contributed by atoms with E-state index in [0.29, 0.717) is 12.6 Å². The van der Waals surface area contributed by atoms with Crippen LogP contribution in [0.25, 0.3) is 0 Å². The predicted molar refractivity (Wildman–Crippen MR) is 74.0 cm³/mol. The van der Waals surface area contributed by atoms with E-state index in [4.69, 9.17) is 9.15 Å². The number of aryl methyl sites for hydroxylation is 1. The molecule has 2 rings (SSSR count). The van der Waals surface area contributed by atoms with Gasteiger partial charge in [-0.05, 0) is 25.1 Å². The van der Waals surface area contributed by atoms with E-state index in [1.54, 1.807) is 12.4 Å². The molecule has 0 fully saturated rings. The summed E-state index contributed by atoms with van der Waals surface area (Å²) in [6, 6.07) is 6.24. The Morgan fingerprint density at radius 2 is 2.26 bits per heavy atom. The molecule has 0 aliphatic carbocycles. The van der Waals surface area contributed by atoms with Crippen LogP contribution in [0.4, 0.5) is 0 Å². The minimum absolute atomic E-state index is 0.445. The monoisotopic (exact) mass is 260 g/mol. The van der Waals surface area contributed by atoms with Gasteiger partial charge >= 0.3 is 0 Å². The summed E-state index contributed by atoms with van der Waals surface area (Å²) in [4.78, 5) is 4.01. The zero-order valence-electron chi connectivity index (χ0n) is 11.6. The van der Waals surface area contributed by atoms with E-state index in [1.807, 2.05) is 25.1 Å². The van der Waals surface area contributed by atoms with Crippen LogP contribution in [0.15, 0.2) is 35.0 Å². The molecule has 0 unspecified atom stereocenters. The predicted octanol–water partition coefficient (Wildman–Crippen LogP) is 3.06. The quantitative estimate of drug-likeness (QED) is 0.867. The van der Waals surface area contributed by atoms with Crippen LogP contribution in [0, 0.1) is 6.92 Å². The van der Waals surface area contributed by atoms with Crippen molar-refractivity contribution in [1.29, 1.82) is 0 Å². The third-order valence-corrected chi connectivity index (χ3v) is 2.78. The Bertz CT molecular complexity index is 506. The van der Waals surface area contributed by atoms with Crippen molar-refractivity contribution in [1.82, 2.24) is 10.3 Å². The number of nitrogens with one attached hydrogen (secondary N) is 1. The van der Waals surface area contributed by atoms with E-state index < -0.39 is 0 Å². The van der Waals surface area contributed by atoms with Crippen molar-refractivity contribution < 1.29 is 9.15 Å². The molecule has 4 nitrogen and oxygen atoms in total. The number of hydrogen-bond donors (Lipinski definition) is 1. The van der Waals surface area contributed by atoms with Gasteiger partial charge in [0.2, 0.25) is 0 Å². The van der Waals surface area contributed by atoms with Gasteiger partial charge < -0.3 is 14.5 Å². The summed E-state index contributed by atoms with van der Waals surface area (Å²) in [6.07, 6.45) is 3.43. The lowest BCUT2D eigenvalue weighted by Crippen LogP contribution is -2.21. The lowest BCUT2D eigenvalue weighted by atomic mass is 10.2. The molecule has 102 valence electrons. The smallest absolute Gasteiger partial charge is 0.138 e. The van der Waals surface area contributed by atoms with Crippen molar-refractivity contribution in [2.75, 3.05) is 0 Å². The summed E-state index contributed by atoms with van der Waals surface area (Å²) in [6.45, 7) is 7.43. The first-order valence-corrected chi connectivity index (χ1v) is 6.49. The van der Waals surface area contributed by atoms with Crippen molar-refractivity contribution >= 4 is 0 Å². The average Bonchev–Trinajstić information content (AvgIpc) is 2.76. The van der Waals surface area contributed by atoms with Gasteiger partial charge in [0.25, 0.3) is 0 Å². The van der Waals surface area contributed by atoms with Crippen LogP contribution >= 0.6 is 0 Å². The number of ether oxygens (including phenoxy) is 1. The fraction of sp³-hybridized carbons (Fsp3) is 0.400. The maximum absolute atomic E-state index is 5.70. The molecular formula is C15H20N2O2. The summed E-state index contributed by atoms with van der Waals surface area (Å²) in [5.74, 6) is 2.62. The van der Waals surface area contributed by atoms with Crippen molar-refractivity contribution in [3.8, 4) is 5.75 Å². The van der Waals surface area contributed by atoms with E-state index in [0.717, 1.165) is 29.4 Å². The first kappa shape index (κ1) is 13.6. The molecule has 0 bridgehead atoms. The highest BCUT2D eigenvalue weighted by molar-refractivity contribution is 5.22. The minimum Gasteiger partial charge on any atom is -0.487 e. The molecule has 2 aromatic heterocycles. The Morgan fingerprint density at radius 1 is 1.42 bits per heavy atom. The topological polar surface area (TPSA) is 47.3 Å². The Morgan fingerprint density at radius 3 is 2.95 bits per heavy atom. The fourth-order valence-electron chi connectivity index (χ4n) is 1.72. The van der Waals surface area contributed by atoms with Gasteiger partial charge in [-0.1, -0.05) is 13.8 Å². The van der Waals surface area contributed by atoms with Gasteiger partial charge in [-0.2, -0.15) is 0 Å². The first-order valence-electron chi connectivity index (χ1n) is 6.49. The number of pyridine rings is 1. The molecule has 0 saturated heterocycles. The number of furan rings is 1. The van der Waals surface area contributed by atoms with E-state index in [2.05, 4.69) is 24.1 Å². The Balaban J connectivity index is 1.93. The van der Waals surface area contributed by atoms with Crippen LogP contribution in [0.1, 0.15) is 30.9 Å². The molecule has 1 N–H and O–H groups in total. The molecule has 19 heavy (non-hydrogen) atoms. The van der Waals surface area contributed by atoms with Gasteiger partial charge in [0, 0.05) is 17.8 Å². The number of nitrogens with zero attached hydrogens (tertiary/aromatic N) is 1. The highest BCUT2D eigenvalue weighted by Gasteiger charge is 2.08. The Labute approximate surface area is 113 Å². The molecule has 0 amide bonds. The molecule has 0 atom stereocenters. The van der Waals surface area contributed by atoms with E-state index >= 15 is 0 Å². The Hall–Kier alpha value is -1.81. The maximum Gasteiger partial charge on any atom is 0.138 e. The van der Waals surface area contributed by atoms with Crippen molar-refractivity contribution in [3.63, 3.8) is 0 Å². The van der Waals surface area contributed by atoms with Gasteiger partial charge in [-0.25, -0.2) is 0 Å². The summed E-state index contributed by atoms with van der Waals surface area (Å²) in [5.41, 5.74) is 1.07. The summed E-state index contributed by atoms with van der Waals surface area (Å²) in [7, 11) is 0. The van der Waals surface area contributed by atoms with Crippen molar-refractivity contribution in [2.45, 2.75) is 40.0 Å². The average molecular weight is 260 g/mol. The lowest BCUT2D eigenvalue weighted by Gasteiger charge is -2.04. The highest BCUT2D eigenvalue weighted by atomic mass is 16.5. The van der Waals surface area contributed by atoms with Crippen LogP contribution in [-0.2, 0) is 13.2 Å². The summed E-state index contributed by atoms with van der Waals surface area (Å²) >= 11 is 0. The number of rotatable bonds is 6. The maximum atomic E-state index is 5.70. The second-order valence-corrected chi connectivity index (χ2v) is 4.81. The van der Waals surface area contributed by atoms with Gasteiger partial charge in [-0.15, -0.1) is 0 Å². The van der Waals surface area contributed by atoms with E-state index in [9.17, 15) is 0 Å². The number of aromatic nitrogens is 1. The fourth-order valence-corrected chi connectivity index (χ4v) is 1.72. The molecule has 0 radical (unpaired) electrons. The van der Waals surface area contributed by atoms with Crippen LogP contribution in [-0.4, -0.2) is 11.0 Å². The molecule has 0 aromatic carbocycles. The standard InChI is InChI=1S/C15H20N2O2/c1-11(2)17-9-15-7-13(12(3)19-15)10-18-14-5-4-6-16-8-14/h4-8,11,17H,9-10H2,1-3H3. The normalized spacial score (nSPS) is 10.9. The lowest BCUT2D eigenvalue weighted by molar-refractivity contribution is 0.301. The van der Waals surface area contributed by atoms with E-state index in [1.165, 1.54) is 0 Å². The molecule has 2 heterocycles. The Kier molecular flexibility index (Phi) is 4.58. The number of hydrogen-bond acceptors (Lipinski definition) is 4. The van der Waals surface area contributed by atoms with Crippen molar-refractivity contribution in [3.05, 3.63) is 47.7 Å². The summed E-state index contributed by atoms with van der Waals surface area (Å²) < 4.78 is 11.4. The molecule has 0 saturated carbocycles. The molecular weight excluding hydrogens is 240 g/mol.